The fraction of sp³-hybridized carbons (Fsp3) is 0.231. The molecule has 0 aliphatic rings. The quantitative estimate of drug-likeness (QED) is 0.818. The molecule has 5 heteroatoms. The Morgan fingerprint density at radius 3 is 2.89 bits per heavy atom. The minimum absolute atomic E-state index is 0.283. The van der Waals surface area contributed by atoms with Crippen LogP contribution >= 0.6 is 15.9 Å². The maximum absolute atomic E-state index is 11.2. The first-order chi connectivity index (χ1) is 8.60. The van der Waals surface area contributed by atoms with E-state index in [1.54, 1.807) is 17.7 Å². The Bertz CT molecular complexity index is 578. The van der Waals surface area contributed by atoms with Crippen LogP contribution in [0.2, 0.25) is 0 Å². The molecule has 2 aromatic rings. The van der Waals surface area contributed by atoms with Gasteiger partial charge in [-0.2, -0.15) is 0 Å². The number of carbonyl (C=O) groups is 1. The van der Waals surface area contributed by atoms with Gasteiger partial charge in [0.25, 0.3) is 0 Å². The van der Waals surface area contributed by atoms with Crippen molar-refractivity contribution in [3.8, 4) is 11.6 Å². The molecule has 1 aromatic carbocycles. The standard InChI is InChI=1S/C13H13BrN2O2/c1-3-13(17)18-12-7-9(2)16(15-12)11-6-4-5-10(14)8-11/h4-8H,3H2,1-2H3. The Morgan fingerprint density at radius 1 is 1.44 bits per heavy atom. The third-order valence-corrected chi connectivity index (χ3v) is 2.92. The van der Waals surface area contributed by atoms with Crippen LogP contribution in [0.5, 0.6) is 5.88 Å². The molecule has 1 aromatic heterocycles. The number of carbonyl (C=O) groups excluding carboxylic acids is 1. The molecule has 0 amide bonds. The number of ether oxygens (including phenoxy) is 1. The van der Waals surface area contributed by atoms with E-state index in [0.29, 0.717) is 12.3 Å². The summed E-state index contributed by atoms with van der Waals surface area (Å²) in [6, 6.07) is 9.51. The first kappa shape index (κ1) is 12.8. The van der Waals surface area contributed by atoms with Crippen LogP contribution in [0.3, 0.4) is 0 Å². The third kappa shape index (κ3) is 2.79. The molecule has 0 radical (unpaired) electrons. The highest BCUT2D eigenvalue weighted by Crippen LogP contribution is 2.19. The average molecular weight is 309 g/mol. The van der Waals surface area contributed by atoms with Gasteiger partial charge < -0.3 is 4.74 Å². The predicted molar refractivity (Wildman–Crippen MR) is 71.9 cm³/mol. The maximum Gasteiger partial charge on any atom is 0.312 e. The molecule has 1 heterocycles. The Labute approximate surface area is 114 Å². The molecule has 0 saturated heterocycles. The van der Waals surface area contributed by atoms with E-state index in [0.717, 1.165) is 15.9 Å². The summed E-state index contributed by atoms with van der Waals surface area (Å²) in [5, 5.41) is 4.26. The van der Waals surface area contributed by atoms with E-state index in [-0.39, 0.29) is 5.97 Å². The molecule has 0 aliphatic carbocycles. The van der Waals surface area contributed by atoms with Crippen LogP contribution in [-0.4, -0.2) is 15.7 Å². The van der Waals surface area contributed by atoms with Crippen LogP contribution in [0.1, 0.15) is 19.0 Å². The van der Waals surface area contributed by atoms with Gasteiger partial charge in [0.15, 0.2) is 0 Å². The summed E-state index contributed by atoms with van der Waals surface area (Å²) in [6.45, 7) is 3.66. The van der Waals surface area contributed by atoms with Gasteiger partial charge in [0.05, 0.1) is 5.69 Å². The molecule has 2 rings (SSSR count). The van der Waals surface area contributed by atoms with E-state index in [2.05, 4.69) is 21.0 Å². The van der Waals surface area contributed by atoms with Crippen molar-refractivity contribution in [2.75, 3.05) is 0 Å². The summed E-state index contributed by atoms with van der Waals surface area (Å²) < 4.78 is 7.81. The number of hydrogen-bond acceptors (Lipinski definition) is 3. The highest BCUT2D eigenvalue weighted by Gasteiger charge is 2.10. The summed E-state index contributed by atoms with van der Waals surface area (Å²) >= 11 is 3.42. The topological polar surface area (TPSA) is 44.1 Å². The molecule has 0 atom stereocenters. The molecule has 0 N–H and O–H groups in total. The lowest BCUT2D eigenvalue weighted by atomic mass is 10.3. The largest absolute Gasteiger partial charge is 0.406 e. The highest BCUT2D eigenvalue weighted by molar-refractivity contribution is 9.10. The average Bonchev–Trinajstić information content (AvgIpc) is 2.70. The minimum atomic E-state index is -0.283. The van der Waals surface area contributed by atoms with Gasteiger partial charge >= 0.3 is 5.97 Å². The molecule has 0 saturated carbocycles. The molecule has 0 unspecified atom stereocenters. The van der Waals surface area contributed by atoms with Gasteiger partial charge in [0.1, 0.15) is 0 Å². The molecule has 4 nitrogen and oxygen atoms in total. The van der Waals surface area contributed by atoms with Gasteiger partial charge in [0.2, 0.25) is 5.88 Å². The smallest absolute Gasteiger partial charge is 0.312 e. The summed E-state index contributed by atoms with van der Waals surface area (Å²) in [7, 11) is 0. The summed E-state index contributed by atoms with van der Waals surface area (Å²) in [6.07, 6.45) is 0.336. The maximum atomic E-state index is 11.2. The molecule has 0 aliphatic heterocycles. The second kappa shape index (κ2) is 5.35. The van der Waals surface area contributed by atoms with Crippen molar-refractivity contribution < 1.29 is 9.53 Å². The van der Waals surface area contributed by atoms with E-state index >= 15 is 0 Å². The Hall–Kier alpha value is -1.62. The fourth-order valence-corrected chi connectivity index (χ4v) is 1.94. The second-order valence-electron chi connectivity index (χ2n) is 3.84. The first-order valence-corrected chi connectivity index (χ1v) is 6.42. The first-order valence-electron chi connectivity index (χ1n) is 5.63. The summed E-state index contributed by atoms with van der Waals surface area (Å²) in [5.74, 6) is 0.0493. The highest BCUT2D eigenvalue weighted by atomic mass is 79.9. The number of aryl methyl sites for hydroxylation is 1. The van der Waals surface area contributed by atoms with Gasteiger partial charge in [-0.25, -0.2) is 4.68 Å². The zero-order valence-electron chi connectivity index (χ0n) is 10.2. The van der Waals surface area contributed by atoms with Gasteiger partial charge in [-0.3, -0.25) is 4.79 Å². The van der Waals surface area contributed by atoms with Crippen LogP contribution in [0.4, 0.5) is 0 Å². The van der Waals surface area contributed by atoms with Crippen LogP contribution in [0.15, 0.2) is 34.8 Å². The van der Waals surface area contributed by atoms with Gasteiger partial charge in [-0.15, -0.1) is 5.10 Å². The number of hydrogen-bond donors (Lipinski definition) is 0. The molecule has 0 fully saturated rings. The van der Waals surface area contributed by atoms with E-state index in [1.807, 2.05) is 31.2 Å². The molecular weight excluding hydrogens is 296 g/mol. The fourth-order valence-electron chi connectivity index (χ4n) is 1.55. The van der Waals surface area contributed by atoms with E-state index < -0.39 is 0 Å². The van der Waals surface area contributed by atoms with Crippen LogP contribution < -0.4 is 4.74 Å². The molecule has 94 valence electrons. The van der Waals surface area contributed by atoms with Crippen molar-refractivity contribution in [2.45, 2.75) is 20.3 Å². The number of aromatic nitrogens is 2. The SMILES string of the molecule is CCC(=O)Oc1cc(C)n(-c2cccc(Br)c2)n1. The Balaban J connectivity index is 2.32. The lowest BCUT2D eigenvalue weighted by molar-refractivity contribution is -0.134. The van der Waals surface area contributed by atoms with Crippen molar-refractivity contribution >= 4 is 21.9 Å². The van der Waals surface area contributed by atoms with E-state index in [9.17, 15) is 4.79 Å². The zero-order valence-corrected chi connectivity index (χ0v) is 11.8. The molecular formula is C13H13BrN2O2. The normalized spacial score (nSPS) is 10.4. The van der Waals surface area contributed by atoms with Gasteiger partial charge in [-0.1, -0.05) is 28.9 Å². The van der Waals surface area contributed by atoms with Crippen LogP contribution in [-0.2, 0) is 4.79 Å². The van der Waals surface area contributed by atoms with Crippen molar-refractivity contribution in [3.05, 3.63) is 40.5 Å². The van der Waals surface area contributed by atoms with E-state index in [1.165, 1.54) is 0 Å². The second-order valence-corrected chi connectivity index (χ2v) is 4.76. The van der Waals surface area contributed by atoms with Crippen molar-refractivity contribution in [2.24, 2.45) is 0 Å². The lowest BCUT2D eigenvalue weighted by Crippen LogP contribution is -2.06. The molecule has 18 heavy (non-hydrogen) atoms. The van der Waals surface area contributed by atoms with Crippen molar-refractivity contribution in [1.29, 1.82) is 0 Å². The van der Waals surface area contributed by atoms with Crippen LogP contribution in [0.25, 0.3) is 5.69 Å². The Kier molecular flexibility index (Phi) is 3.81. The minimum Gasteiger partial charge on any atom is -0.406 e. The third-order valence-electron chi connectivity index (χ3n) is 2.42. The van der Waals surface area contributed by atoms with Gasteiger partial charge in [0, 0.05) is 22.7 Å². The number of rotatable bonds is 3. The van der Waals surface area contributed by atoms with E-state index in [4.69, 9.17) is 4.74 Å². The van der Waals surface area contributed by atoms with Gasteiger partial charge in [-0.05, 0) is 25.1 Å². The Morgan fingerprint density at radius 2 is 2.22 bits per heavy atom. The molecule has 0 spiro atoms. The predicted octanol–water partition coefficient (Wildman–Crippen LogP) is 3.26. The monoisotopic (exact) mass is 308 g/mol. The van der Waals surface area contributed by atoms with Crippen molar-refractivity contribution in [1.82, 2.24) is 9.78 Å². The number of nitrogens with zero attached hydrogens (tertiary/aromatic N) is 2. The lowest BCUT2D eigenvalue weighted by Gasteiger charge is -2.03. The zero-order chi connectivity index (χ0) is 13.1. The summed E-state index contributed by atoms with van der Waals surface area (Å²) in [4.78, 5) is 11.2. The number of halogens is 1. The number of esters is 1. The number of benzene rings is 1. The van der Waals surface area contributed by atoms with Crippen LogP contribution in [0, 0.1) is 6.92 Å². The van der Waals surface area contributed by atoms with Crippen molar-refractivity contribution in [3.63, 3.8) is 0 Å². The summed E-state index contributed by atoms with van der Waals surface area (Å²) in [5.41, 5.74) is 1.83. The molecule has 0 bridgehead atoms.